The largest absolute Gasteiger partial charge is 0.366 e. The zero-order valence-corrected chi connectivity index (χ0v) is 13.5. The van der Waals surface area contributed by atoms with Gasteiger partial charge in [0.1, 0.15) is 11.6 Å². The molecule has 0 bridgehead atoms. The molecule has 4 nitrogen and oxygen atoms in total. The Morgan fingerprint density at radius 1 is 1.23 bits per heavy atom. The van der Waals surface area contributed by atoms with Crippen molar-refractivity contribution < 1.29 is 4.39 Å². The van der Waals surface area contributed by atoms with E-state index in [9.17, 15) is 9.18 Å². The highest BCUT2D eigenvalue weighted by atomic mass is 32.2. The van der Waals surface area contributed by atoms with Gasteiger partial charge in [0, 0.05) is 36.4 Å². The van der Waals surface area contributed by atoms with E-state index in [2.05, 4.69) is 4.98 Å². The number of halogens is 1. The van der Waals surface area contributed by atoms with Gasteiger partial charge in [0.15, 0.2) is 0 Å². The highest BCUT2D eigenvalue weighted by Gasteiger charge is 2.21. The van der Waals surface area contributed by atoms with Gasteiger partial charge < -0.3 is 4.90 Å². The molecule has 0 atom stereocenters. The van der Waals surface area contributed by atoms with E-state index in [1.165, 1.54) is 16.7 Å². The van der Waals surface area contributed by atoms with Crippen molar-refractivity contribution in [1.82, 2.24) is 9.55 Å². The first kappa shape index (κ1) is 15.1. The van der Waals surface area contributed by atoms with E-state index >= 15 is 0 Å². The second-order valence-electron chi connectivity index (χ2n) is 5.33. The lowest BCUT2D eigenvalue weighted by Crippen LogP contribution is -2.35. The average molecular weight is 319 g/mol. The first-order valence-corrected chi connectivity index (χ1v) is 8.42. The normalized spacial score (nSPS) is 15.1. The lowest BCUT2D eigenvalue weighted by Gasteiger charge is -2.31. The smallest absolute Gasteiger partial charge is 0.258 e. The van der Waals surface area contributed by atoms with Gasteiger partial charge in [-0.05, 0) is 26.0 Å². The SMILES string of the molecule is Cc1cc(=O)n(-c2cccc(F)c2N2CCSCC2)c(C)n1. The summed E-state index contributed by atoms with van der Waals surface area (Å²) in [5, 5.41) is 0. The van der Waals surface area contributed by atoms with Gasteiger partial charge in [-0.25, -0.2) is 9.37 Å². The third-order valence-electron chi connectivity index (χ3n) is 3.75. The number of para-hydroxylation sites is 1. The van der Waals surface area contributed by atoms with Crippen LogP contribution in [0.15, 0.2) is 29.1 Å². The molecule has 0 N–H and O–H groups in total. The quantitative estimate of drug-likeness (QED) is 0.853. The van der Waals surface area contributed by atoms with Crippen molar-refractivity contribution in [3.63, 3.8) is 0 Å². The van der Waals surface area contributed by atoms with E-state index in [-0.39, 0.29) is 11.4 Å². The second-order valence-corrected chi connectivity index (χ2v) is 6.55. The van der Waals surface area contributed by atoms with Crippen molar-refractivity contribution in [3.8, 4) is 5.69 Å². The number of aromatic nitrogens is 2. The number of aryl methyl sites for hydroxylation is 2. The summed E-state index contributed by atoms with van der Waals surface area (Å²) in [5.74, 6) is 2.21. The maximum absolute atomic E-state index is 14.5. The minimum atomic E-state index is -0.295. The Morgan fingerprint density at radius 3 is 2.64 bits per heavy atom. The standard InChI is InChI=1S/C16H18FN3OS/c1-11-10-15(21)20(12(2)18-11)14-5-3-4-13(17)16(14)19-6-8-22-9-7-19/h3-5,10H,6-9H2,1-2H3. The van der Waals surface area contributed by atoms with Crippen LogP contribution < -0.4 is 10.5 Å². The topological polar surface area (TPSA) is 38.1 Å². The molecule has 116 valence electrons. The van der Waals surface area contributed by atoms with Gasteiger partial charge in [-0.2, -0.15) is 11.8 Å². The molecule has 2 heterocycles. The summed E-state index contributed by atoms with van der Waals surface area (Å²) >= 11 is 1.86. The van der Waals surface area contributed by atoms with Gasteiger partial charge in [0.2, 0.25) is 0 Å². The molecule has 1 aliphatic heterocycles. The first-order valence-electron chi connectivity index (χ1n) is 7.27. The Labute approximate surface area is 133 Å². The van der Waals surface area contributed by atoms with E-state index in [4.69, 9.17) is 0 Å². The molecular formula is C16H18FN3OS. The van der Waals surface area contributed by atoms with E-state index in [1.54, 1.807) is 26.0 Å². The molecule has 0 unspecified atom stereocenters. The molecule has 0 aliphatic carbocycles. The molecule has 1 aromatic heterocycles. The van der Waals surface area contributed by atoms with Crippen molar-refractivity contribution in [2.45, 2.75) is 13.8 Å². The van der Waals surface area contributed by atoms with Crippen LogP contribution in [-0.2, 0) is 0 Å². The summed E-state index contributed by atoms with van der Waals surface area (Å²) in [6.45, 7) is 5.12. The van der Waals surface area contributed by atoms with Crippen LogP contribution in [-0.4, -0.2) is 34.1 Å². The Hall–Kier alpha value is -1.82. The van der Waals surface area contributed by atoms with E-state index in [1.807, 2.05) is 16.7 Å². The lowest BCUT2D eigenvalue weighted by atomic mass is 10.2. The fourth-order valence-corrected chi connectivity index (χ4v) is 3.72. The van der Waals surface area contributed by atoms with Crippen LogP contribution in [0.1, 0.15) is 11.5 Å². The maximum atomic E-state index is 14.5. The van der Waals surface area contributed by atoms with Gasteiger partial charge >= 0.3 is 0 Å². The third-order valence-corrected chi connectivity index (χ3v) is 4.69. The Balaban J connectivity index is 2.20. The molecule has 0 amide bonds. The molecule has 1 saturated heterocycles. The number of benzene rings is 1. The highest BCUT2D eigenvalue weighted by molar-refractivity contribution is 7.99. The summed E-state index contributed by atoms with van der Waals surface area (Å²) in [5.41, 5.74) is 1.56. The molecule has 22 heavy (non-hydrogen) atoms. The number of rotatable bonds is 2. The van der Waals surface area contributed by atoms with E-state index in [0.717, 1.165) is 24.6 Å². The Morgan fingerprint density at radius 2 is 1.95 bits per heavy atom. The number of nitrogens with zero attached hydrogens (tertiary/aromatic N) is 3. The number of anilines is 1. The van der Waals surface area contributed by atoms with Crippen LogP contribution in [0.3, 0.4) is 0 Å². The number of thioether (sulfide) groups is 1. The summed E-state index contributed by atoms with van der Waals surface area (Å²) < 4.78 is 16.0. The van der Waals surface area contributed by atoms with Crippen molar-refractivity contribution in [3.05, 3.63) is 52.0 Å². The predicted octanol–water partition coefficient (Wildman–Crippen LogP) is 2.54. The minimum absolute atomic E-state index is 0.178. The number of hydrogen-bond donors (Lipinski definition) is 0. The monoisotopic (exact) mass is 319 g/mol. The summed E-state index contributed by atoms with van der Waals surface area (Å²) in [6.07, 6.45) is 0. The molecule has 1 aromatic carbocycles. The van der Waals surface area contributed by atoms with Crippen LogP contribution in [0.25, 0.3) is 5.69 Å². The summed E-state index contributed by atoms with van der Waals surface area (Å²) in [4.78, 5) is 18.8. The fourth-order valence-electron chi connectivity index (χ4n) is 2.82. The molecule has 1 aliphatic rings. The average Bonchev–Trinajstić information content (AvgIpc) is 2.47. The highest BCUT2D eigenvalue weighted by Crippen LogP contribution is 2.29. The van der Waals surface area contributed by atoms with Crippen molar-refractivity contribution in [1.29, 1.82) is 0 Å². The molecule has 3 rings (SSSR count). The molecule has 1 fully saturated rings. The van der Waals surface area contributed by atoms with Crippen molar-refractivity contribution in [2.75, 3.05) is 29.5 Å². The number of hydrogen-bond acceptors (Lipinski definition) is 4. The van der Waals surface area contributed by atoms with Crippen LogP contribution in [0.5, 0.6) is 0 Å². The molecule has 0 saturated carbocycles. The van der Waals surface area contributed by atoms with Gasteiger partial charge in [0.05, 0.1) is 11.4 Å². The van der Waals surface area contributed by atoms with Crippen LogP contribution >= 0.6 is 11.8 Å². The van der Waals surface area contributed by atoms with Gasteiger partial charge in [-0.1, -0.05) is 6.07 Å². The summed E-state index contributed by atoms with van der Waals surface area (Å²) in [6, 6.07) is 6.35. The fraction of sp³-hybridized carbons (Fsp3) is 0.375. The van der Waals surface area contributed by atoms with E-state index < -0.39 is 0 Å². The van der Waals surface area contributed by atoms with Crippen LogP contribution in [0.4, 0.5) is 10.1 Å². The minimum Gasteiger partial charge on any atom is -0.366 e. The van der Waals surface area contributed by atoms with Gasteiger partial charge in [-0.3, -0.25) is 9.36 Å². The van der Waals surface area contributed by atoms with Crippen molar-refractivity contribution >= 4 is 17.4 Å². The lowest BCUT2D eigenvalue weighted by molar-refractivity contribution is 0.617. The summed E-state index contributed by atoms with van der Waals surface area (Å²) in [7, 11) is 0. The van der Waals surface area contributed by atoms with Crippen LogP contribution in [0, 0.1) is 19.7 Å². The molecular weight excluding hydrogens is 301 g/mol. The Kier molecular flexibility index (Phi) is 4.20. The zero-order valence-electron chi connectivity index (χ0n) is 12.7. The van der Waals surface area contributed by atoms with Crippen molar-refractivity contribution in [2.24, 2.45) is 0 Å². The maximum Gasteiger partial charge on any atom is 0.258 e. The molecule has 0 radical (unpaired) electrons. The molecule has 6 heteroatoms. The molecule has 2 aromatic rings. The third kappa shape index (κ3) is 2.75. The van der Waals surface area contributed by atoms with E-state index in [0.29, 0.717) is 22.9 Å². The van der Waals surface area contributed by atoms with Crippen LogP contribution in [0.2, 0.25) is 0 Å². The zero-order chi connectivity index (χ0) is 15.7. The van der Waals surface area contributed by atoms with Gasteiger partial charge in [0.25, 0.3) is 5.56 Å². The predicted molar refractivity (Wildman–Crippen MR) is 88.8 cm³/mol. The molecule has 0 spiro atoms. The first-order chi connectivity index (χ1) is 10.6. The second kappa shape index (κ2) is 6.12. The van der Waals surface area contributed by atoms with Gasteiger partial charge in [-0.15, -0.1) is 0 Å². The Bertz CT molecular complexity index is 754.